The van der Waals surface area contributed by atoms with Gasteiger partial charge in [-0.3, -0.25) is 4.79 Å². The molecule has 2 heteroatoms. The van der Waals surface area contributed by atoms with Crippen molar-refractivity contribution in [3.05, 3.63) is 12.7 Å². The normalized spacial score (nSPS) is 15.2. The van der Waals surface area contributed by atoms with Crippen LogP contribution in [0.3, 0.4) is 0 Å². The Balaban J connectivity index is 3.99. The molecule has 0 radical (unpaired) electrons. The maximum Gasteiger partial charge on any atom is 0.158 e. The van der Waals surface area contributed by atoms with Gasteiger partial charge in [0.05, 0.1) is 6.10 Å². The van der Waals surface area contributed by atoms with Gasteiger partial charge in [-0.25, -0.2) is 0 Å². The van der Waals surface area contributed by atoms with Gasteiger partial charge in [0.2, 0.25) is 0 Å². The molecular weight excluding hydrogens is 152 g/mol. The first-order valence-corrected chi connectivity index (χ1v) is 4.44. The van der Waals surface area contributed by atoms with Gasteiger partial charge in [-0.15, -0.1) is 6.58 Å². The predicted octanol–water partition coefficient (Wildman–Crippen LogP) is 2.34. The van der Waals surface area contributed by atoms with E-state index in [1.165, 1.54) is 0 Å². The number of hydrogen-bond acceptors (Lipinski definition) is 2. The molecule has 0 spiro atoms. The second kappa shape index (κ2) is 5.95. The highest BCUT2D eigenvalue weighted by Gasteiger charge is 2.15. The molecular formula is C10H18O2. The quantitative estimate of drug-likeness (QED) is 0.572. The summed E-state index contributed by atoms with van der Waals surface area (Å²) in [5.74, 6) is 0.0952. The van der Waals surface area contributed by atoms with E-state index in [9.17, 15) is 4.79 Å². The maximum atomic E-state index is 11.0. The number of hydrogen-bond donors (Lipinski definition) is 0. The average molecular weight is 170 g/mol. The minimum absolute atomic E-state index is 0.0128. The monoisotopic (exact) mass is 170 g/mol. The van der Waals surface area contributed by atoms with Crippen LogP contribution >= 0.6 is 0 Å². The molecule has 0 saturated heterocycles. The zero-order valence-electron chi connectivity index (χ0n) is 8.17. The van der Waals surface area contributed by atoms with E-state index in [2.05, 4.69) is 6.58 Å². The summed E-state index contributed by atoms with van der Waals surface area (Å²) in [6.45, 7) is 9.16. The molecule has 0 N–H and O–H groups in total. The van der Waals surface area contributed by atoms with Crippen molar-refractivity contribution in [2.24, 2.45) is 0 Å². The summed E-state index contributed by atoms with van der Waals surface area (Å²) in [5, 5.41) is 0. The van der Waals surface area contributed by atoms with E-state index in [0.29, 0.717) is 0 Å². The Morgan fingerprint density at radius 2 is 2.08 bits per heavy atom. The van der Waals surface area contributed by atoms with Crippen molar-refractivity contribution in [2.45, 2.75) is 45.8 Å². The predicted molar refractivity (Wildman–Crippen MR) is 50.1 cm³/mol. The maximum absolute atomic E-state index is 11.0. The lowest BCUT2D eigenvalue weighted by Crippen LogP contribution is -2.25. The Morgan fingerprint density at radius 1 is 1.50 bits per heavy atom. The van der Waals surface area contributed by atoms with Crippen molar-refractivity contribution in [2.75, 3.05) is 0 Å². The fourth-order valence-electron chi connectivity index (χ4n) is 1.01. The Hall–Kier alpha value is -0.630. The summed E-state index contributed by atoms with van der Waals surface area (Å²) in [7, 11) is 0. The van der Waals surface area contributed by atoms with Crippen LogP contribution in [0.2, 0.25) is 0 Å². The molecule has 0 saturated carbocycles. The summed E-state index contributed by atoms with van der Waals surface area (Å²) < 4.78 is 5.49. The highest BCUT2D eigenvalue weighted by atomic mass is 16.5. The minimum Gasteiger partial charge on any atom is -0.363 e. The van der Waals surface area contributed by atoms with Crippen molar-refractivity contribution < 1.29 is 9.53 Å². The van der Waals surface area contributed by atoms with E-state index in [1.54, 1.807) is 13.0 Å². The fourth-order valence-corrected chi connectivity index (χ4v) is 1.01. The van der Waals surface area contributed by atoms with Gasteiger partial charge in [0.25, 0.3) is 0 Å². The molecule has 0 aromatic carbocycles. The first-order valence-electron chi connectivity index (χ1n) is 4.44. The molecule has 0 aromatic heterocycles. The SMILES string of the molecule is C=CC(CC)OC(CC)C(C)=O. The molecule has 12 heavy (non-hydrogen) atoms. The lowest BCUT2D eigenvalue weighted by molar-refractivity contribution is -0.130. The molecule has 0 amide bonds. The van der Waals surface area contributed by atoms with Crippen molar-refractivity contribution in [1.82, 2.24) is 0 Å². The first kappa shape index (κ1) is 11.4. The molecule has 70 valence electrons. The average Bonchev–Trinajstić information content (AvgIpc) is 2.06. The fraction of sp³-hybridized carbons (Fsp3) is 0.700. The molecule has 2 nitrogen and oxygen atoms in total. The Kier molecular flexibility index (Phi) is 5.64. The zero-order valence-corrected chi connectivity index (χ0v) is 8.17. The van der Waals surface area contributed by atoms with Crippen molar-refractivity contribution >= 4 is 5.78 Å². The van der Waals surface area contributed by atoms with Gasteiger partial charge in [-0.05, 0) is 19.8 Å². The lowest BCUT2D eigenvalue weighted by Gasteiger charge is -2.18. The molecule has 0 rings (SSSR count). The topological polar surface area (TPSA) is 26.3 Å². The van der Waals surface area contributed by atoms with Gasteiger partial charge in [0, 0.05) is 0 Å². The van der Waals surface area contributed by atoms with Crippen molar-refractivity contribution in [1.29, 1.82) is 0 Å². The van der Waals surface area contributed by atoms with Gasteiger partial charge in [-0.2, -0.15) is 0 Å². The third-order valence-corrected chi connectivity index (χ3v) is 1.83. The Bertz CT molecular complexity index is 152. The third kappa shape index (κ3) is 3.67. The van der Waals surface area contributed by atoms with Gasteiger partial charge in [0.1, 0.15) is 6.10 Å². The van der Waals surface area contributed by atoms with Crippen LogP contribution in [0, 0.1) is 0 Å². The van der Waals surface area contributed by atoms with E-state index in [-0.39, 0.29) is 18.0 Å². The summed E-state index contributed by atoms with van der Waals surface area (Å²) in [6, 6.07) is 0. The number of ketones is 1. The standard InChI is InChI=1S/C10H18O2/c1-5-9(6-2)12-10(7-3)8(4)11/h5,9-10H,1,6-7H2,2-4H3. The molecule has 2 unspecified atom stereocenters. The molecule has 0 bridgehead atoms. The largest absolute Gasteiger partial charge is 0.363 e. The van der Waals surface area contributed by atoms with Crippen LogP contribution in [0.25, 0.3) is 0 Å². The van der Waals surface area contributed by atoms with Crippen LogP contribution in [-0.2, 0) is 9.53 Å². The van der Waals surface area contributed by atoms with Crippen LogP contribution in [0.1, 0.15) is 33.6 Å². The van der Waals surface area contributed by atoms with Crippen LogP contribution in [0.4, 0.5) is 0 Å². The molecule has 0 aliphatic heterocycles. The first-order chi connectivity index (χ1) is 5.65. The van der Waals surface area contributed by atoms with Crippen LogP contribution < -0.4 is 0 Å². The number of ether oxygens (including phenoxy) is 1. The summed E-state index contributed by atoms with van der Waals surface area (Å²) >= 11 is 0. The van der Waals surface area contributed by atoms with Crippen molar-refractivity contribution in [3.63, 3.8) is 0 Å². The number of rotatable bonds is 6. The highest BCUT2D eigenvalue weighted by Crippen LogP contribution is 2.07. The zero-order chi connectivity index (χ0) is 9.56. The second-order valence-electron chi connectivity index (χ2n) is 2.83. The van der Waals surface area contributed by atoms with Gasteiger partial charge in [-0.1, -0.05) is 19.9 Å². The lowest BCUT2D eigenvalue weighted by atomic mass is 10.2. The smallest absolute Gasteiger partial charge is 0.158 e. The molecule has 0 aliphatic rings. The van der Waals surface area contributed by atoms with E-state index in [4.69, 9.17) is 4.74 Å². The number of Topliss-reactive ketones (excluding diaryl/α,β-unsaturated/α-hetero) is 1. The van der Waals surface area contributed by atoms with E-state index in [1.807, 2.05) is 13.8 Å². The second-order valence-corrected chi connectivity index (χ2v) is 2.83. The minimum atomic E-state index is -0.257. The van der Waals surface area contributed by atoms with Gasteiger partial charge >= 0.3 is 0 Å². The molecule has 0 aliphatic carbocycles. The summed E-state index contributed by atoms with van der Waals surface area (Å²) in [6.07, 6.45) is 3.10. The Labute approximate surface area is 74.6 Å². The van der Waals surface area contributed by atoms with Crippen LogP contribution in [-0.4, -0.2) is 18.0 Å². The van der Waals surface area contributed by atoms with Gasteiger partial charge in [0.15, 0.2) is 5.78 Å². The molecule has 0 fully saturated rings. The summed E-state index contributed by atoms with van der Waals surface area (Å²) in [5.41, 5.74) is 0. The van der Waals surface area contributed by atoms with E-state index in [0.717, 1.165) is 12.8 Å². The molecule has 2 atom stereocenters. The highest BCUT2D eigenvalue weighted by molar-refractivity contribution is 5.80. The number of carbonyl (C=O) groups excluding carboxylic acids is 1. The van der Waals surface area contributed by atoms with Gasteiger partial charge < -0.3 is 4.74 Å². The molecule has 0 aromatic rings. The third-order valence-electron chi connectivity index (χ3n) is 1.83. The van der Waals surface area contributed by atoms with E-state index < -0.39 is 0 Å². The Morgan fingerprint density at radius 3 is 2.33 bits per heavy atom. The van der Waals surface area contributed by atoms with Crippen LogP contribution in [0.15, 0.2) is 12.7 Å². The van der Waals surface area contributed by atoms with E-state index >= 15 is 0 Å². The van der Waals surface area contributed by atoms with Crippen LogP contribution in [0.5, 0.6) is 0 Å². The number of carbonyl (C=O) groups is 1. The van der Waals surface area contributed by atoms with Crippen molar-refractivity contribution in [3.8, 4) is 0 Å². The summed E-state index contributed by atoms with van der Waals surface area (Å²) in [4.78, 5) is 11.0. The molecule has 0 heterocycles.